The first-order valence-corrected chi connectivity index (χ1v) is 28.8. The minimum atomic E-state index is -0.191. The quantitative estimate of drug-likeness (QED) is 0.0907. The average Bonchev–Trinajstić information content (AvgIpc) is 3.34. The second-order valence-electron chi connectivity index (χ2n) is 23.3. The van der Waals surface area contributed by atoms with Crippen LogP contribution >= 0.6 is 0 Å². The van der Waals surface area contributed by atoms with Crippen LogP contribution in [0.15, 0.2) is 30.3 Å². The zero-order valence-corrected chi connectivity index (χ0v) is 43.4. The number of benzene rings is 1. The van der Waals surface area contributed by atoms with Crippen LogP contribution in [0.5, 0.6) is 0 Å². The number of rotatable bonds is 25. The van der Waals surface area contributed by atoms with E-state index in [1.807, 2.05) is 30.3 Å². The molecule has 0 amide bonds. The highest BCUT2D eigenvalue weighted by atomic mass is 16.5. The Morgan fingerprint density at radius 1 is 0.478 bits per heavy atom. The summed E-state index contributed by atoms with van der Waals surface area (Å²) in [5, 5.41) is 0. The number of Topliss-reactive ketones (excluding diaryl/α,β-unsaturated/α-hetero) is 4. The standard InChI is InChI=1S/C61H96O6/c1-6-49(53-31-19-15-27-44(53)37-48(62)41-61(10-5)35-23-12-24-36-61)57(63)38-45-28-16-20-32-54(45)50(7-2)58(64)39-46-29-17-21-33-55(46)51(8-3)59(65)40-47-30-18-22-34-56(47)52(9-4)60(66)67-42-43-25-13-11-14-26-43/h11,13-14,25-26,44-47,49-56H,6-10,12,15-24,27-42H2,1-5H3/t44-,45-,46-,47-,49+,50+,51+,52+,53-,54-,55-,56-/m1/s1. The molecular weight excluding hydrogens is 829 g/mol. The summed E-state index contributed by atoms with van der Waals surface area (Å²) in [6.45, 7) is 11.2. The van der Waals surface area contributed by atoms with Gasteiger partial charge in [0, 0.05) is 49.9 Å². The summed E-state index contributed by atoms with van der Waals surface area (Å²) in [5.41, 5.74) is 1.20. The van der Waals surface area contributed by atoms with Gasteiger partial charge in [0.2, 0.25) is 0 Å². The lowest BCUT2D eigenvalue weighted by Gasteiger charge is -2.41. The lowest BCUT2D eigenvalue weighted by molar-refractivity contribution is -0.154. The molecule has 67 heavy (non-hydrogen) atoms. The Kier molecular flexibility index (Phi) is 21.7. The summed E-state index contributed by atoms with van der Waals surface area (Å²) in [4.78, 5) is 71.5. The third-order valence-corrected chi connectivity index (χ3v) is 19.6. The smallest absolute Gasteiger partial charge is 0.309 e. The summed E-state index contributed by atoms with van der Waals surface area (Å²) >= 11 is 0. The van der Waals surface area contributed by atoms with E-state index in [1.54, 1.807) is 0 Å². The Balaban J connectivity index is 1.07. The van der Waals surface area contributed by atoms with E-state index in [9.17, 15) is 24.0 Å². The van der Waals surface area contributed by atoms with Gasteiger partial charge in [0.05, 0.1) is 5.92 Å². The van der Waals surface area contributed by atoms with E-state index in [2.05, 4.69) is 34.6 Å². The van der Waals surface area contributed by atoms with Gasteiger partial charge in [-0.3, -0.25) is 24.0 Å². The van der Waals surface area contributed by atoms with Gasteiger partial charge in [0.15, 0.2) is 0 Å². The van der Waals surface area contributed by atoms with Gasteiger partial charge >= 0.3 is 5.97 Å². The summed E-state index contributed by atoms with van der Waals surface area (Å²) in [5.74, 6) is 3.19. The highest BCUT2D eigenvalue weighted by Crippen LogP contribution is 2.48. The molecule has 0 heterocycles. The molecule has 0 saturated heterocycles. The summed E-state index contributed by atoms with van der Waals surface area (Å²) < 4.78 is 5.90. The van der Waals surface area contributed by atoms with Crippen molar-refractivity contribution in [3.63, 3.8) is 0 Å². The minimum Gasteiger partial charge on any atom is -0.461 e. The monoisotopic (exact) mass is 925 g/mol. The first kappa shape index (κ1) is 53.7. The van der Waals surface area contributed by atoms with Crippen LogP contribution in [-0.4, -0.2) is 29.1 Å². The Labute approximate surface area is 408 Å². The van der Waals surface area contributed by atoms with Crippen LogP contribution in [0, 0.1) is 76.4 Å². The fourth-order valence-corrected chi connectivity index (χ4v) is 15.8. The molecule has 1 aromatic rings. The van der Waals surface area contributed by atoms with Gasteiger partial charge in [-0.2, -0.15) is 0 Å². The van der Waals surface area contributed by atoms with Crippen molar-refractivity contribution in [2.24, 2.45) is 76.4 Å². The average molecular weight is 925 g/mol. The van der Waals surface area contributed by atoms with Crippen LogP contribution in [-0.2, 0) is 35.3 Å². The molecule has 0 bridgehead atoms. The van der Waals surface area contributed by atoms with E-state index in [0.717, 1.165) is 140 Å². The first-order valence-electron chi connectivity index (χ1n) is 28.8. The maximum Gasteiger partial charge on any atom is 0.309 e. The number of hydrogen-bond acceptors (Lipinski definition) is 6. The highest BCUT2D eigenvalue weighted by molar-refractivity contribution is 5.84. The zero-order valence-electron chi connectivity index (χ0n) is 43.4. The number of ketones is 4. The van der Waals surface area contributed by atoms with Crippen molar-refractivity contribution in [1.82, 2.24) is 0 Å². The second kappa shape index (κ2) is 27.1. The molecule has 0 aliphatic heterocycles. The summed E-state index contributed by atoms with van der Waals surface area (Å²) in [6, 6.07) is 9.90. The fourth-order valence-electron chi connectivity index (χ4n) is 15.8. The van der Waals surface area contributed by atoms with Crippen molar-refractivity contribution in [2.45, 2.75) is 240 Å². The third-order valence-electron chi connectivity index (χ3n) is 19.6. The Bertz CT molecular complexity index is 1690. The number of ether oxygens (including phenoxy) is 1. The van der Waals surface area contributed by atoms with E-state index in [-0.39, 0.29) is 77.2 Å². The molecule has 0 N–H and O–H groups in total. The number of esters is 1. The Hall–Kier alpha value is -2.63. The van der Waals surface area contributed by atoms with Crippen LogP contribution in [0.1, 0.15) is 239 Å². The molecule has 0 unspecified atom stereocenters. The zero-order chi connectivity index (χ0) is 47.8. The van der Waals surface area contributed by atoms with Gasteiger partial charge in [0.25, 0.3) is 0 Å². The second-order valence-corrected chi connectivity index (χ2v) is 23.3. The SMILES string of the molecule is CC[C@H](C(=O)C[C@H]1CCCC[C@H]1[C@H](CC)C(=O)C[C@H]1CCCC[C@H]1[C@H](CC)C(=O)C[C@H]1CCCC[C@H]1[C@H](CC)C(=O)OCc1ccccc1)[C@@H]1CCCC[C@@H]1CC(=O)CC1(CC)CCCCC1. The molecule has 376 valence electrons. The number of hydrogen-bond donors (Lipinski definition) is 0. The minimum absolute atomic E-state index is 0.0167. The molecule has 12 atom stereocenters. The molecule has 0 radical (unpaired) electrons. The van der Waals surface area contributed by atoms with E-state index < -0.39 is 0 Å². The van der Waals surface area contributed by atoms with Gasteiger partial charge in [-0.25, -0.2) is 0 Å². The van der Waals surface area contributed by atoms with Crippen molar-refractivity contribution in [2.75, 3.05) is 0 Å². The Morgan fingerprint density at radius 3 is 1.24 bits per heavy atom. The van der Waals surface area contributed by atoms with Crippen LogP contribution in [0.25, 0.3) is 0 Å². The summed E-state index contributed by atoms with van der Waals surface area (Å²) in [7, 11) is 0. The van der Waals surface area contributed by atoms with Gasteiger partial charge in [0.1, 0.15) is 29.7 Å². The molecule has 5 aliphatic rings. The Morgan fingerprint density at radius 2 is 0.851 bits per heavy atom. The fraction of sp³-hybridized carbons (Fsp3) is 0.820. The molecule has 0 aromatic heterocycles. The van der Waals surface area contributed by atoms with Gasteiger partial charge in [-0.1, -0.05) is 142 Å². The van der Waals surface area contributed by atoms with Crippen molar-refractivity contribution in [1.29, 1.82) is 0 Å². The normalized spacial score (nSPS) is 29.7. The van der Waals surface area contributed by atoms with Gasteiger partial charge in [-0.15, -0.1) is 0 Å². The first-order chi connectivity index (χ1) is 32.5. The van der Waals surface area contributed by atoms with Crippen molar-refractivity contribution < 1.29 is 28.7 Å². The maximum atomic E-state index is 14.8. The van der Waals surface area contributed by atoms with Gasteiger partial charge < -0.3 is 4.74 Å². The molecule has 5 saturated carbocycles. The molecule has 6 heteroatoms. The van der Waals surface area contributed by atoms with Crippen LogP contribution in [0.4, 0.5) is 0 Å². The highest BCUT2D eigenvalue weighted by Gasteiger charge is 2.44. The third kappa shape index (κ3) is 14.5. The molecule has 0 spiro atoms. The molecule has 6 nitrogen and oxygen atoms in total. The maximum absolute atomic E-state index is 14.8. The van der Waals surface area contributed by atoms with Gasteiger partial charge in [-0.05, 0) is 148 Å². The molecular formula is C61H96O6. The lowest BCUT2D eigenvalue weighted by atomic mass is 9.63. The number of carbonyl (C=O) groups excluding carboxylic acids is 5. The van der Waals surface area contributed by atoms with E-state index in [0.29, 0.717) is 60.7 Å². The van der Waals surface area contributed by atoms with E-state index in [1.165, 1.54) is 38.5 Å². The summed E-state index contributed by atoms with van der Waals surface area (Å²) in [6.07, 6.45) is 30.9. The number of carbonyl (C=O) groups is 5. The van der Waals surface area contributed by atoms with Crippen molar-refractivity contribution in [3.05, 3.63) is 35.9 Å². The molecule has 5 fully saturated rings. The van der Waals surface area contributed by atoms with E-state index in [4.69, 9.17) is 4.74 Å². The van der Waals surface area contributed by atoms with Crippen LogP contribution in [0.2, 0.25) is 0 Å². The molecule has 1 aromatic carbocycles. The molecule has 5 aliphatic carbocycles. The van der Waals surface area contributed by atoms with Crippen LogP contribution < -0.4 is 0 Å². The predicted octanol–water partition coefficient (Wildman–Crippen LogP) is 15.6. The van der Waals surface area contributed by atoms with Crippen molar-refractivity contribution >= 4 is 29.1 Å². The lowest BCUT2D eigenvalue weighted by Crippen LogP contribution is -2.39. The predicted molar refractivity (Wildman–Crippen MR) is 272 cm³/mol. The molecule has 6 rings (SSSR count). The van der Waals surface area contributed by atoms with Crippen LogP contribution in [0.3, 0.4) is 0 Å². The largest absolute Gasteiger partial charge is 0.461 e. The van der Waals surface area contributed by atoms with E-state index >= 15 is 0 Å². The topological polar surface area (TPSA) is 94.6 Å². The van der Waals surface area contributed by atoms with Crippen molar-refractivity contribution in [3.8, 4) is 0 Å².